The van der Waals surface area contributed by atoms with Gasteiger partial charge in [0.05, 0.1) is 6.54 Å². The first-order valence-electron chi connectivity index (χ1n) is 9.10. The Morgan fingerprint density at radius 2 is 2.04 bits per heavy atom. The van der Waals surface area contributed by atoms with Gasteiger partial charge in [-0.15, -0.1) is 10.2 Å². The van der Waals surface area contributed by atoms with Crippen molar-refractivity contribution in [3.8, 4) is 0 Å². The first kappa shape index (κ1) is 16.3. The van der Waals surface area contributed by atoms with Gasteiger partial charge in [0, 0.05) is 19.0 Å². The molecule has 0 unspecified atom stereocenters. The van der Waals surface area contributed by atoms with E-state index in [2.05, 4.69) is 39.2 Å². The summed E-state index contributed by atoms with van der Waals surface area (Å²) in [4.78, 5) is 12.3. The summed E-state index contributed by atoms with van der Waals surface area (Å²) in [5, 5.41) is 14.6. The van der Waals surface area contributed by atoms with Crippen LogP contribution >= 0.6 is 0 Å². The van der Waals surface area contributed by atoms with E-state index in [-0.39, 0.29) is 6.03 Å². The molecule has 1 fully saturated rings. The molecule has 0 radical (unpaired) electrons. The Morgan fingerprint density at radius 3 is 2.87 bits per heavy atom. The van der Waals surface area contributed by atoms with Crippen LogP contribution in [-0.4, -0.2) is 26.8 Å². The molecular formula is C17H29N5O. The van der Waals surface area contributed by atoms with Gasteiger partial charge in [-0.05, 0) is 37.5 Å². The molecule has 3 rings (SSSR count). The molecule has 0 spiro atoms. The first-order valence-corrected chi connectivity index (χ1v) is 9.10. The number of carbonyl (C=O) groups excluding carboxylic acids is 1. The van der Waals surface area contributed by atoms with E-state index in [1.54, 1.807) is 0 Å². The van der Waals surface area contributed by atoms with Crippen molar-refractivity contribution in [2.75, 3.05) is 0 Å². The minimum Gasteiger partial charge on any atom is -0.335 e. The molecule has 6 nitrogen and oxygen atoms in total. The second-order valence-electron chi connectivity index (χ2n) is 7.27. The molecular weight excluding hydrogens is 290 g/mol. The third-order valence-corrected chi connectivity index (χ3v) is 5.34. The topological polar surface area (TPSA) is 71.8 Å². The minimum absolute atomic E-state index is 0.0734. The van der Waals surface area contributed by atoms with Crippen LogP contribution in [0.25, 0.3) is 0 Å². The molecule has 1 aliphatic heterocycles. The normalized spacial score (nSPS) is 24.3. The summed E-state index contributed by atoms with van der Waals surface area (Å²) in [6, 6.07) is 0.228. The standard InChI is InChI=1S/C17H29N5O/c1-12(2)13-7-3-4-8-14(13)19-17(23)18-11-16-21-20-15-9-5-6-10-22(15)16/h12-14H,3-11H2,1-2H3,(H2,18,19,23)/t13-,14+/m0/s1. The number of rotatable bonds is 4. The van der Waals surface area contributed by atoms with Crippen LogP contribution in [0.2, 0.25) is 0 Å². The van der Waals surface area contributed by atoms with E-state index in [0.29, 0.717) is 24.4 Å². The second-order valence-corrected chi connectivity index (χ2v) is 7.27. The van der Waals surface area contributed by atoms with Crippen LogP contribution in [0, 0.1) is 11.8 Å². The van der Waals surface area contributed by atoms with E-state index in [0.717, 1.165) is 31.0 Å². The van der Waals surface area contributed by atoms with Crippen molar-refractivity contribution in [3.63, 3.8) is 0 Å². The van der Waals surface area contributed by atoms with E-state index in [9.17, 15) is 4.79 Å². The Morgan fingerprint density at radius 1 is 1.22 bits per heavy atom. The molecule has 0 saturated heterocycles. The summed E-state index contributed by atoms with van der Waals surface area (Å²) in [5.74, 6) is 3.14. The fraction of sp³-hybridized carbons (Fsp3) is 0.824. The highest BCUT2D eigenvalue weighted by molar-refractivity contribution is 5.74. The van der Waals surface area contributed by atoms with Crippen LogP contribution < -0.4 is 10.6 Å². The maximum Gasteiger partial charge on any atom is 0.315 e. The number of aromatic nitrogens is 3. The second kappa shape index (κ2) is 7.32. The average molecular weight is 319 g/mol. The van der Waals surface area contributed by atoms with Crippen molar-refractivity contribution < 1.29 is 4.79 Å². The molecule has 2 heterocycles. The molecule has 1 aromatic rings. The molecule has 2 aliphatic rings. The Hall–Kier alpha value is -1.59. The smallest absolute Gasteiger partial charge is 0.315 e. The fourth-order valence-corrected chi connectivity index (χ4v) is 4.01. The van der Waals surface area contributed by atoms with Crippen LogP contribution in [0.1, 0.15) is 64.0 Å². The van der Waals surface area contributed by atoms with Gasteiger partial charge in [-0.3, -0.25) is 0 Å². The number of urea groups is 1. The van der Waals surface area contributed by atoms with Crippen molar-refractivity contribution in [2.24, 2.45) is 11.8 Å². The van der Waals surface area contributed by atoms with Crippen molar-refractivity contribution in [1.29, 1.82) is 0 Å². The summed E-state index contributed by atoms with van der Waals surface area (Å²) in [6.45, 7) is 5.94. The monoisotopic (exact) mass is 319 g/mol. The molecule has 2 atom stereocenters. The van der Waals surface area contributed by atoms with Gasteiger partial charge in [0.1, 0.15) is 5.82 Å². The Kier molecular flexibility index (Phi) is 5.18. The third-order valence-electron chi connectivity index (χ3n) is 5.34. The summed E-state index contributed by atoms with van der Waals surface area (Å²) in [5.41, 5.74) is 0. The van der Waals surface area contributed by atoms with Gasteiger partial charge >= 0.3 is 6.03 Å². The quantitative estimate of drug-likeness (QED) is 0.896. The summed E-state index contributed by atoms with van der Waals surface area (Å²) < 4.78 is 2.15. The summed E-state index contributed by atoms with van der Waals surface area (Å²) in [7, 11) is 0. The molecule has 1 saturated carbocycles. The lowest BCUT2D eigenvalue weighted by Gasteiger charge is -2.34. The predicted octanol–water partition coefficient (Wildman–Crippen LogP) is 2.63. The molecule has 1 aliphatic carbocycles. The summed E-state index contributed by atoms with van der Waals surface area (Å²) in [6.07, 6.45) is 8.17. The minimum atomic E-state index is -0.0734. The average Bonchev–Trinajstić information content (AvgIpc) is 2.96. The molecule has 23 heavy (non-hydrogen) atoms. The van der Waals surface area contributed by atoms with Crippen LogP contribution in [0.4, 0.5) is 4.79 Å². The number of nitrogens with one attached hydrogen (secondary N) is 2. The van der Waals surface area contributed by atoms with Gasteiger partial charge in [-0.2, -0.15) is 0 Å². The largest absolute Gasteiger partial charge is 0.335 e. The zero-order chi connectivity index (χ0) is 16.2. The molecule has 1 aromatic heterocycles. The van der Waals surface area contributed by atoms with E-state index >= 15 is 0 Å². The SMILES string of the molecule is CC(C)[C@@H]1CCCC[C@H]1NC(=O)NCc1nnc2n1CCCC2. The van der Waals surface area contributed by atoms with Gasteiger partial charge in [-0.1, -0.05) is 26.7 Å². The zero-order valence-corrected chi connectivity index (χ0v) is 14.3. The van der Waals surface area contributed by atoms with Crippen LogP contribution in [0.3, 0.4) is 0 Å². The maximum absolute atomic E-state index is 12.3. The molecule has 2 N–H and O–H groups in total. The maximum atomic E-state index is 12.3. The zero-order valence-electron chi connectivity index (χ0n) is 14.3. The van der Waals surface area contributed by atoms with Gasteiger partial charge < -0.3 is 15.2 Å². The van der Waals surface area contributed by atoms with Gasteiger partial charge in [0.25, 0.3) is 0 Å². The molecule has 0 aromatic carbocycles. The number of amides is 2. The molecule has 0 bridgehead atoms. The van der Waals surface area contributed by atoms with Crippen molar-refractivity contribution in [2.45, 2.75) is 77.9 Å². The van der Waals surface area contributed by atoms with Gasteiger partial charge in [-0.25, -0.2) is 4.79 Å². The van der Waals surface area contributed by atoms with Gasteiger partial charge in [0.15, 0.2) is 5.82 Å². The number of hydrogen-bond donors (Lipinski definition) is 2. The number of aryl methyl sites for hydroxylation is 1. The van der Waals surface area contributed by atoms with Crippen molar-refractivity contribution in [3.05, 3.63) is 11.6 Å². The van der Waals surface area contributed by atoms with Crippen LogP contribution in [0.5, 0.6) is 0 Å². The van der Waals surface area contributed by atoms with Crippen molar-refractivity contribution >= 4 is 6.03 Å². The highest BCUT2D eigenvalue weighted by Gasteiger charge is 2.28. The van der Waals surface area contributed by atoms with E-state index < -0.39 is 0 Å². The van der Waals surface area contributed by atoms with Crippen molar-refractivity contribution in [1.82, 2.24) is 25.4 Å². The van der Waals surface area contributed by atoms with E-state index in [1.165, 1.54) is 32.1 Å². The number of nitrogens with zero attached hydrogens (tertiary/aromatic N) is 3. The Labute approximate surface area is 138 Å². The van der Waals surface area contributed by atoms with E-state index in [1.807, 2.05) is 0 Å². The predicted molar refractivity (Wildman–Crippen MR) is 88.9 cm³/mol. The Bertz CT molecular complexity index is 539. The summed E-state index contributed by atoms with van der Waals surface area (Å²) >= 11 is 0. The lowest BCUT2D eigenvalue weighted by atomic mass is 9.78. The van der Waals surface area contributed by atoms with E-state index in [4.69, 9.17) is 0 Å². The number of carbonyl (C=O) groups is 1. The first-order chi connectivity index (χ1) is 11.1. The highest BCUT2D eigenvalue weighted by Crippen LogP contribution is 2.30. The third kappa shape index (κ3) is 3.85. The van der Waals surface area contributed by atoms with Crippen LogP contribution in [0.15, 0.2) is 0 Å². The Balaban J connectivity index is 1.52. The fourth-order valence-electron chi connectivity index (χ4n) is 4.01. The van der Waals surface area contributed by atoms with Crippen LogP contribution in [-0.2, 0) is 19.5 Å². The lowest BCUT2D eigenvalue weighted by Crippen LogP contribution is -2.48. The molecule has 128 valence electrons. The number of hydrogen-bond acceptors (Lipinski definition) is 3. The highest BCUT2D eigenvalue weighted by atomic mass is 16.2. The lowest BCUT2D eigenvalue weighted by molar-refractivity contribution is 0.194. The van der Waals surface area contributed by atoms with Gasteiger partial charge in [0.2, 0.25) is 0 Å². The molecule has 6 heteroatoms. The molecule has 2 amide bonds. The number of fused-ring (bicyclic) bond motifs is 1.